The fourth-order valence-electron chi connectivity index (χ4n) is 1.22. The Morgan fingerprint density at radius 2 is 2.13 bits per heavy atom. The molecule has 3 heteroatoms. The van der Waals surface area contributed by atoms with Crippen molar-refractivity contribution < 1.29 is 9.53 Å². The maximum Gasteiger partial charge on any atom is 0.330 e. The largest absolute Gasteiger partial charge is 0.458 e. The van der Waals surface area contributed by atoms with Gasteiger partial charge in [-0.25, -0.2) is 4.79 Å². The van der Waals surface area contributed by atoms with E-state index in [9.17, 15) is 4.79 Å². The second-order valence-electron chi connectivity index (χ2n) is 3.11. The van der Waals surface area contributed by atoms with Crippen LogP contribution in [0.4, 0.5) is 0 Å². The molecule has 0 N–H and O–H groups in total. The Morgan fingerprint density at radius 1 is 1.47 bits per heavy atom. The lowest BCUT2D eigenvalue weighted by Gasteiger charge is -2.13. The number of hydrogen-bond acceptors (Lipinski definition) is 2. The van der Waals surface area contributed by atoms with Crippen molar-refractivity contribution in [1.82, 2.24) is 0 Å². The van der Waals surface area contributed by atoms with E-state index in [1.807, 2.05) is 30.3 Å². The minimum Gasteiger partial charge on any atom is -0.458 e. The van der Waals surface area contributed by atoms with Gasteiger partial charge in [0.05, 0.1) is 5.88 Å². The number of benzene rings is 1. The third kappa shape index (κ3) is 4.17. The first-order valence-corrected chi connectivity index (χ1v) is 5.22. The van der Waals surface area contributed by atoms with Crippen LogP contribution in [0.5, 0.6) is 0 Å². The van der Waals surface area contributed by atoms with Gasteiger partial charge >= 0.3 is 5.97 Å². The summed E-state index contributed by atoms with van der Waals surface area (Å²) in [5.74, 6) is -0.148. The molecule has 0 bridgehead atoms. The van der Waals surface area contributed by atoms with Gasteiger partial charge in [-0.05, 0) is 5.56 Å². The molecule has 1 aromatic carbocycles. The Kier molecular flexibility index (Phi) is 4.91. The lowest BCUT2D eigenvalue weighted by molar-refractivity contribution is -0.141. The fourth-order valence-corrected chi connectivity index (χ4v) is 1.39. The molecular formula is C12H13ClO2. The van der Waals surface area contributed by atoms with Crippen LogP contribution in [0.15, 0.2) is 43.0 Å². The number of halogens is 1. The average Bonchev–Trinajstić information content (AvgIpc) is 2.29. The first kappa shape index (κ1) is 11.8. The number of esters is 1. The number of rotatable bonds is 5. The van der Waals surface area contributed by atoms with Gasteiger partial charge in [-0.3, -0.25) is 0 Å². The van der Waals surface area contributed by atoms with Crippen LogP contribution in [-0.2, 0) is 16.0 Å². The topological polar surface area (TPSA) is 26.3 Å². The molecule has 0 aliphatic rings. The maximum atomic E-state index is 11.0. The van der Waals surface area contributed by atoms with Crippen molar-refractivity contribution in [2.24, 2.45) is 0 Å². The summed E-state index contributed by atoms with van der Waals surface area (Å²) in [6.07, 6.45) is 1.48. The molecule has 0 amide bonds. The van der Waals surface area contributed by atoms with E-state index >= 15 is 0 Å². The van der Waals surface area contributed by atoms with Crippen LogP contribution in [0.1, 0.15) is 5.56 Å². The second-order valence-corrected chi connectivity index (χ2v) is 3.42. The zero-order valence-corrected chi connectivity index (χ0v) is 9.11. The monoisotopic (exact) mass is 224 g/mol. The van der Waals surface area contributed by atoms with Crippen LogP contribution in [0, 0.1) is 0 Å². The summed E-state index contributed by atoms with van der Waals surface area (Å²) in [5.41, 5.74) is 1.10. The number of ether oxygens (including phenoxy) is 1. The van der Waals surface area contributed by atoms with Gasteiger partial charge in [-0.2, -0.15) is 0 Å². The Labute approximate surface area is 94.5 Å². The van der Waals surface area contributed by atoms with Gasteiger partial charge in [0.15, 0.2) is 0 Å². The average molecular weight is 225 g/mol. The number of carbonyl (C=O) groups excluding carboxylic acids is 1. The Hall–Kier alpha value is -1.28. The van der Waals surface area contributed by atoms with E-state index in [2.05, 4.69) is 6.58 Å². The molecule has 0 saturated carbocycles. The first-order valence-electron chi connectivity index (χ1n) is 4.69. The van der Waals surface area contributed by atoms with E-state index in [1.54, 1.807) is 0 Å². The number of carbonyl (C=O) groups is 1. The predicted molar refractivity (Wildman–Crippen MR) is 60.9 cm³/mol. The highest BCUT2D eigenvalue weighted by molar-refractivity contribution is 6.18. The van der Waals surface area contributed by atoms with Gasteiger partial charge in [0.2, 0.25) is 0 Å². The molecule has 1 aromatic rings. The van der Waals surface area contributed by atoms with Gasteiger partial charge < -0.3 is 4.74 Å². The molecule has 80 valence electrons. The van der Waals surface area contributed by atoms with Crippen molar-refractivity contribution in [3.63, 3.8) is 0 Å². The van der Waals surface area contributed by atoms with Crippen molar-refractivity contribution >= 4 is 17.6 Å². The van der Waals surface area contributed by atoms with Crippen molar-refractivity contribution in [1.29, 1.82) is 0 Å². The van der Waals surface area contributed by atoms with Crippen LogP contribution in [0.3, 0.4) is 0 Å². The molecule has 0 fully saturated rings. The zero-order valence-electron chi connectivity index (χ0n) is 8.36. The van der Waals surface area contributed by atoms with Gasteiger partial charge in [0.1, 0.15) is 6.10 Å². The summed E-state index contributed by atoms with van der Waals surface area (Å²) in [4.78, 5) is 11.0. The van der Waals surface area contributed by atoms with E-state index in [-0.39, 0.29) is 12.0 Å². The molecule has 2 nitrogen and oxygen atoms in total. The summed E-state index contributed by atoms with van der Waals surface area (Å²) >= 11 is 5.71. The van der Waals surface area contributed by atoms with E-state index < -0.39 is 5.97 Å². The minimum absolute atomic E-state index is 0.286. The molecule has 1 rings (SSSR count). The van der Waals surface area contributed by atoms with Crippen molar-refractivity contribution in [3.8, 4) is 0 Å². The SMILES string of the molecule is C=CC(=O)OC(CCl)Cc1ccccc1. The van der Waals surface area contributed by atoms with Crippen LogP contribution >= 0.6 is 11.6 Å². The first-order chi connectivity index (χ1) is 7.26. The summed E-state index contributed by atoms with van der Waals surface area (Å²) in [5, 5.41) is 0. The predicted octanol–water partition coefficient (Wildman–Crippen LogP) is 2.57. The minimum atomic E-state index is -0.434. The van der Waals surface area contributed by atoms with Crippen LogP contribution in [0.2, 0.25) is 0 Å². The summed E-state index contributed by atoms with van der Waals surface area (Å²) in [6.45, 7) is 3.34. The smallest absolute Gasteiger partial charge is 0.330 e. The molecule has 0 aliphatic carbocycles. The fraction of sp³-hybridized carbons (Fsp3) is 0.250. The molecular weight excluding hydrogens is 212 g/mol. The number of hydrogen-bond donors (Lipinski definition) is 0. The molecule has 0 saturated heterocycles. The normalized spacial score (nSPS) is 11.8. The molecule has 1 atom stereocenters. The maximum absolute atomic E-state index is 11.0. The molecule has 15 heavy (non-hydrogen) atoms. The van der Waals surface area contributed by atoms with Gasteiger partial charge in [-0.1, -0.05) is 36.9 Å². The van der Waals surface area contributed by atoms with Crippen molar-refractivity contribution in [2.75, 3.05) is 5.88 Å². The molecule has 1 unspecified atom stereocenters. The van der Waals surface area contributed by atoms with Gasteiger partial charge in [0, 0.05) is 12.5 Å². The zero-order chi connectivity index (χ0) is 11.1. The van der Waals surface area contributed by atoms with Crippen LogP contribution in [0.25, 0.3) is 0 Å². The second kappa shape index (κ2) is 6.25. The summed E-state index contributed by atoms with van der Waals surface area (Å²) < 4.78 is 5.06. The number of alkyl halides is 1. The van der Waals surface area contributed by atoms with E-state index in [0.29, 0.717) is 6.42 Å². The highest BCUT2D eigenvalue weighted by atomic mass is 35.5. The van der Waals surface area contributed by atoms with Gasteiger partial charge in [0.25, 0.3) is 0 Å². The third-order valence-electron chi connectivity index (χ3n) is 1.93. The Bertz CT molecular complexity index is 322. The summed E-state index contributed by atoms with van der Waals surface area (Å²) in [6, 6.07) is 9.77. The molecule has 0 radical (unpaired) electrons. The highest BCUT2D eigenvalue weighted by Gasteiger charge is 2.11. The highest BCUT2D eigenvalue weighted by Crippen LogP contribution is 2.07. The summed E-state index contributed by atoms with van der Waals surface area (Å²) in [7, 11) is 0. The molecule has 0 aliphatic heterocycles. The van der Waals surface area contributed by atoms with E-state index in [0.717, 1.165) is 11.6 Å². The lowest BCUT2D eigenvalue weighted by Crippen LogP contribution is -2.21. The standard InChI is InChI=1S/C12H13ClO2/c1-2-12(14)15-11(9-13)8-10-6-4-3-5-7-10/h2-7,11H,1,8-9H2. The Morgan fingerprint density at radius 3 is 2.67 bits per heavy atom. The quantitative estimate of drug-likeness (QED) is 0.437. The third-order valence-corrected chi connectivity index (χ3v) is 2.27. The van der Waals surface area contributed by atoms with Crippen molar-refractivity contribution in [3.05, 3.63) is 48.6 Å². The van der Waals surface area contributed by atoms with E-state index in [4.69, 9.17) is 16.3 Å². The lowest BCUT2D eigenvalue weighted by atomic mass is 10.1. The van der Waals surface area contributed by atoms with Gasteiger partial charge in [-0.15, -0.1) is 11.6 Å². The van der Waals surface area contributed by atoms with E-state index in [1.165, 1.54) is 0 Å². The molecule has 0 heterocycles. The Balaban J connectivity index is 2.54. The van der Waals surface area contributed by atoms with Crippen LogP contribution in [-0.4, -0.2) is 18.0 Å². The van der Waals surface area contributed by atoms with Crippen LogP contribution < -0.4 is 0 Å². The molecule has 0 aromatic heterocycles. The van der Waals surface area contributed by atoms with Crippen molar-refractivity contribution in [2.45, 2.75) is 12.5 Å². The molecule has 0 spiro atoms.